The zero-order valence-corrected chi connectivity index (χ0v) is 12.1. The van der Waals surface area contributed by atoms with Crippen molar-refractivity contribution in [3.63, 3.8) is 0 Å². The van der Waals surface area contributed by atoms with Gasteiger partial charge in [-0.05, 0) is 0 Å². The normalized spacial score (nSPS) is 18.2. The van der Waals surface area contributed by atoms with Gasteiger partial charge in [0.25, 0.3) is 0 Å². The summed E-state index contributed by atoms with van der Waals surface area (Å²) in [5, 5.41) is 16.9. The zero-order chi connectivity index (χ0) is 15.2. The average molecular weight is 312 g/mol. The summed E-state index contributed by atoms with van der Waals surface area (Å²) in [6.07, 6.45) is 1.90. The number of carbonyl (C=O) groups is 3. The fourth-order valence-electron chi connectivity index (χ4n) is 2.08. The summed E-state index contributed by atoms with van der Waals surface area (Å²) in [7, 11) is 0. The number of thiazole rings is 1. The van der Waals surface area contributed by atoms with Gasteiger partial charge in [0.05, 0.1) is 11.4 Å². The van der Waals surface area contributed by atoms with Gasteiger partial charge in [0, 0.05) is 37.6 Å². The minimum Gasteiger partial charge on any atom is -0.481 e. The van der Waals surface area contributed by atoms with E-state index in [2.05, 4.69) is 15.6 Å². The summed E-state index contributed by atoms with van der Waals surface area (Å²) in [5.74, 6) is -1.55. The van der Waals surface area contributed by atoms with Gasteiger partial charge in [-0.3, -0.25) is 9.59 Å². The number of urea groups is 1. The Morgan fingerprint density at radius 3 is 3.05 bits per heavy atom. The predicted octanol–water partition coefficient (Wildman–Crippen LogP) is -0.330. The monoisotopic (exact) mass is 312 g/mol. The molecule has 1 atom stereocenters. The molecule has 0 bridgehead atoms. The first-order chi connectivity index (χ1) is 10.1. The Kier molecular flexibility index (Phi) is 5.09. The Morgan fingerprint density at radius 1 is 1.57 bits per heavy atom. The van der Waals surface area contributed by atoms with E-state index < -0.39 is 30.4 Å². The smallest absolute Gasteiger partial charge is 0.318 e. The van der Waals surface area contributed by atoms with Gasteiger partial charge < -0.3 is 20.6 Å². The highest BCUT2D eigenvalue weighted by molar-refractivity contribution is 7.09. The van der Waals surface area contributed by atoms with Crippen LogP contribution in [0.5, 0.6) is 0 Å². The van der Waals surface area contributed by atoms with Gasteiger partial charge in [-0.1, -0.05) is 0 Å². The molecule has 1 aliphatic rings. The first kappa shape index (κ1) is 15.2. The summed E-state index contributed by atoms with van der Waals surface area (Å²) in [6.45, 7) is 1.02. The maximum Gasteiger partial charge on any atom is 0.318 e. The van der Waals surface area contributed by atoms with Crippen LogP contribution in [-0.4, -0.2) is 58.6 Å². The van der Waals surface area contributed by atoms with Crippen molar-refractivity contribution in [1.82, 2.24) is 20.5 Å². The SMILES string of the molecule is O=C(O)CC1C(=O)NCCN1C(=O)NCCc1nccs1. The second kappa shape index (κ2) is 7.02. The topological polar surface area (TPSA) is 112 Å². The molecule has 2 heterocycles. The zero-order valence-electron chi connectivity index (χ0n) is 11.2. The highest BCUT2D eigenvalue weighted by Gasteiger charge is 2.34. The van der Waals surface area contributed by atoms with Crippen LogP contribution in [0.3, 0.4) is 0 Å². The molecule has 1 aromatic heterocycles. The lowest BCUT2D eigenvalue weighted by atomic mass is 10.1. The Hall–Kier alpha value is -2.16. The van der Waals surface area contributed by atoms with Crippen LogP contribution in [0.1, 0.15) is 11.4 Å². The maximum atomic E-state index is 12.1. The van der Waals surface area contributed by atoms with Crippen molar-refractivity contribution in [2.24, 2.45) is 0 Å². The van der Waals surface area contributed by atoms with Gasteiger partial charge in [-0.25, -0.2) is 9.78 Å². The number of aliphatic carboxylic acids is 1. The largest absolute Gasteiger partial charge is 0.481 e. The number of nitrogens with one attached hydrogen (secondary N) is 2. The number of amides is 3. The standard InChI is InChI=1S/C12H16N4O4S/c17-10(18)7-8-11(19)14-3-5-16(8)12(20)15-2-1-9-13-4-6-21-9/h4,6,8H,1-3,5,7H2,(H,14,19)(H,15,20)(H,17,18). The van der Waals surface area contributed by atoms with Crippen molar-refractivity contribution >= 4 is 29.2 Å². The van der Waals surface area contributed by atoms with Gasteiger partial charge in [-0.15, -0.1) is 11.3 Å². The summed E-state index contributed by atoms with van der Waals surface area (Å²) in [6, 6.07) is -1.39. The maximum absolute atomic E-state index is 12.1. The molecule has 0 saturated carbocycles. The molecular formula is C12H16N4O4S. The van der Waals surface area contributed by atoms with Crippen molar-refractivity contribution in [1.29, 1.82) is 0 Å². The predicted molar refractivity (Wildman–Crippen MR) is 75.0 cm³/mol. The molecule has 1 unspecified atom stereocenters. The van der Waals surface area contributed by atoms with Gasteiger partial charge in [-0.2, -0.15) is 0 Å². The van der Waals surface area contributed by atoms with Crippen molar-refractivity contribution < 1.29 is 19.5 Å². The first-order valence-corrected chi connectivity index (χ1v) is 7.38. The second-order valence-corrected chi connectivity index (χ2v) is 5.48. The van der Waals surface area contributed by atoms with Gasteiger partial charge in [0.2, 0.25) is 5.91 Å². The lowest BCUT2D eigenvalue weighted by Gasteiger charge is -2.34. The highest BCUT2D eigenvalue weighted by Crippen LogP contribution is 2.09. The molecule has 0 radical (unpaired) electrons. The van der Waals surface area contributed by atoms with Crippen LogP contribution < -0.4 is 10.6 Å². The molecule has 1 aromatic rings. The molecule has 9 heteroatoms. The molecule has 1 saturated heterocycles. The quantitative estimate of drug-likeness (QED) is 0.689. The number of aromatic nitrogens is 1. The van der Waals surface area contributed by atoms with E-state index in [1.54, 1.807) is 6.20 Å². The third-order valence-electron chi connectivity index (χ3n) is 3.06. The minimum atomic E-state index is -1.11. The molecular weight excluding hydrogens is 296 g/mol. The molecule has 8 nitrogen and oxygen atoms in total. The van der Waals surface area contributed by atoms with Gasteiger partial charge in [0.1, 0.15) is 6.04 Å². The molecule has 21 heavy (non-hydrogen) atoms. The van der Waals surface area contributed by atoms with E-state index in [1.165, 1.54) is 16.2 Å². The molecule has 1 aliphatic heterocycles. The number of hydrogen-bond acceptors (Lipinski definition) is 5. The Morgan fingerprint density at radius 2 is 2.38 bits per heavy atom. The Labute approximate surface area is 125 Å². The highest BCUT2D eigenvalue weighted by atomic mass is 32.1. The summed E-state index contributed by atoms with van der Waals surface area (Å²) in [5.41, 5.74) is 0. The third kappa shape index (κ3) is 4.15. The van der Waals surface area contributed by atoms with Crippen LogP contribution in [0.2, 0.25) is 0 Å². The summed E-state index contributed by atoms with van der Waals surface area (Å²) >= 11 is 1.50. The number of rotatable bonds is 5. The summed E-state index contributed by atoms with van der Waals surface area (Å²) in [4.78, 5) is 40.0. The first-order valence-electron chi connectivity index (χ1n) is 6.50. The number of carboxylic acids is 1. The van der Waals surface area contributed by atoms with Crippen LogP contribution in [0.4, 0.5) is 4.79 Å². The third-order valence-corrected chi connectivity index (χ3v) is 3.90. The molecule has 2 rings (SSSR count). The van der Waals surface area contributed by atoms with Crippen LogP contribution in [-0.2, 0) is 16.0 Å². The minimum absolute atomic E-state index is 0.298. The van der Waals surface area contributed by atoms with E-state index in [1.807, 2.05) is 5.38 Å². The van der Waals surface area contributed by atoms with E-state index in [-0.39, 0.29) is 0 Å². The number of hydrogen-bond donors (Lipinski definition) is 3. The van der Waals surface area contributed by atoms with Crippen molar-refractivity contribution in [3.8, 4) is 0 Å². The molecule has 0 aliphatic carbocycles. The lowest BCUT2D eigenvalue weighted by molar-refractivity contribution is -0.142. The molecule has 3 N–H and O–H groups in total. The van der Waals surface area contributed by atoms with E-state index in [0.29, 0.717) is 26.1 Å². The summed E-state index contributed by atoms with van der Waals surface area (Å²) < 4.78 is 0. The Balaban J connectivity index is 1.88. The number of piperazine rings is 1. The number of nitrogens with zero attached hydrogens (tertiary/aromatic N) is 2. The van der Waals surface area contributed by atoms with Gasteiger partial charge in [0.15, 0.2) is 0 Å². The molecule has 0 aromatic carbocycles. The van der Waals surface area contributed by atoms with E-state index in [9.17, 15) is 14.4 Å². The second-order valence-electron chi connectivity index (χ2n) is 4.51. The molecule has 0 spiro atoms. The van der Waals surface area contributed by atoms with Crippen LogP contribution in [0.15, 0.2) is 11.6 Å². The molecule has 3 amide bonds. The van der Waals surface area contributed by atoms with Crippen molar-refractivity contribution in [3.05, 3.63) is 16.6 Å². The van der Waals surface area contributed by atoms with E-state index in [0.717, 1.165) is 5.01 Å². The Bertz CT molecular complexity index is 519. The average Bonchev–Trinajstić information content (AvgIpc) is 2.93. The van der Waals surface area contributed by atoms with Crippen LogP contribution in [0, 0.1) is 0 Å². The lowest BCUT2D eigenvalue weighted by Crippen LogP contribution is -2.60. The molecule has 114 valence electrons. The van der Waals surface area contributed by atoms with Gasteiger partial charge >= 0.3 is 12.0 Å². The number of carboxylic acid groups (broad SMARTS) is 1. The van der Waals surface area contributed by atoms with E-state index >= 15 is 0 Å². The van der Waals surface area contributed by atoms with Crippen molar-refractivity contribution in [2.45, 2.75) is 18.9 Å². The molecule has 1 fully saturated rings. The van der Waals surface area contributed by atoms with Crippen molar-refractivity contribution in [2.75, 3.05) is 19.6 Å². The fourth-order valence-corrected chi connectivity index (χ4v) is 2.70. The fraction of sp³-hybridized carbons (Fsp3) is 0.500. The number of carbonyl (C=O) groups excluding carboxylic acids is 2. The van der Waals surface area contributed by atoms with Crippen LogP contribution in [0.25, 0.3) is 0 Å². The van der Waals surface area contributed by atoms with Crippen LogP contribution >= 0.6 is 11.3 Å². The van der Waals surface area contributed by atoms with E-state index in [4.69, 9.17) is 5.11 Å².